The second-order valence-electron chi connectivity index (χ2n) is 8.58. The standard InChI is InChI=1S/C24H28Cl3FN2O2S/c1-5-21(23(32)29-24(2,3)4)30(12-15-17(25)8-6-9-18(15)26)22(31)14-33-13-16-19(27)10-7-11-20(16)28/h6-11,21H,5,12-14H2,1-4H3,(H,29,32). The highest BCUT2D eigenvalue weighted by Crippen LogP contribution is 2.28. The molecule has 0 bridgehead atoms. The summed E-state index contributed by atoms with van der Waals surface area (Å²) in [6, 6.07) is 8.86. The van der Waals surface area contributed by atoms with E-state index in [9.17, 15) is 14.0 Å². The molecule has 1 atom stereocenters. The number of nitrogens with one attached hydrogen (secondary N) is 1. The van der Waals surface area contributed by atoms with Crippen molar-refractivity contribution in [3.05, 3.63) is 68.4 Å². The Labute approximate surface area is 214 Å². The van der Waals surface area contributed by atoms with E-state index in [1.165, 1.54) is 28.8 Å². The van der Waals surface area contributed by atoms with Gasteiger partial charge in [-0.1, -0.05) is 53.9 Å². The SMILES string of the molecule is CCC(C(=O)NC(C)(C)C)N(Cc1c(Cl)cccc1Cl)C(=O)CSCc1c(F)cccc1Cl. The van der Waals surface area contributed by atoms with Crippen LogP contribution in [0.4, 0.5) is 4.39 Å². The Balaban J connectivity index is 2.26. The van der Waals surface area contributed by atoms with Crippen LogP contribution in [-0.2, 0) is 21.9 Å². The number of nitrogens with zero attached hydrogens (tertiary/aromatic N) is 1. The molecule has 2 aromatic carbocycles. The molecule has 0 heterocycles. The summed E-state index contributed by atoms with van der Waals surface area (Å²) in [5, 5.41) is 4.08. The van der Waals surface area contributed by atoms with Crippen molar-refractivity contribution in [2.24, 2.45) is 0 Å². The average molecular weight is 534 g/mol. The van der Waals surface area contributed by atoms with Crippen LogP contribution in [0.2, 0.25) is 15.1 Å². The zero-order valence-corrected chi connectivity index (χ0v) is 22.1. The molecule has 9 heteroatoms. The Morgan fingerprint density at radius 2 is 1.58 bits per heavy atom. The molecular formula is C24H28Cl3FN2O2S. The zero-order chi connectivity index (χ0) is 24.8. The summed E-state index contributed by atoms with van der Waals surface area (Å²) in [6.45, 7) is 7.55. The van der Waals surface area contributed by atoms with Crippen molar-refractivity contribution >= 4 is 58.4 Å². The molecule has 1 N–H and O–H groups in total. The number of thioether (sulfide) groups is 1. The second kappa shape index (κ2) is 12.3. The number of hydrogen-bond acceptors (Lipinski definition) is 3. The number of carbonyl (C=O) groups excluding carboxylic acids is 2. The van der Waals surface area contributed by atoms with Gasteiger partial charge in [0.05, 0.1) is 5.75 Å². The lowest BCUT2D eigenvalue weighted by Crippen LogP contribution is -2.53. The zero-order valence-electron chi connectivity index (χ0n) is 19.1. The lowest BCUT2D eigenvalue weighted by molar-refractivity contribution is -0.140. The normalized spacial score (nSPS) is 12.4. The van der Waals surface area contributed by atoms with Crippen LogP contribution in [0, 0.1) is 5.82 Å². The highest BCUT2D eigenvalue weighted by Gasteiger charge is 2.31. The first-order chi connectivity index (χ1) is 15.4. The highest BCUT2D eigenvalue weighted by atomic mass is 35.5. The van der Waals surface area contributed by atoms with Gasteiger partial charge in [0.2, 0.25) is 11.8 Å². The van der Waals surface area contributed by atoms with Crippen molar-refractivity contribution in [2.75, 3.05) is 5.75 Å². The van der Waals surface area contributed by atoms with Gasteiger partial charge in [0.25, 0.3) is 0 Å². The summed E-state index contributed by atoms with van der Waals surface area (Å²) in [5.41, 5.74) is 0.450. The minimum atomic E-state index is -0.721. The van der Waals surface area contributed by atoms with E-state index in [0.717, 1.165) is 0 Å². The lowest BCUT2D eigenvalue weighted by Gasteiger charge is -2.33. The quantitative estimate of drug-likeness (QED) is 0.388. The number of carbonyl (C=O) groups is 2. The number of hydrogen-bond donors (Lipinski definition) is 1. The fraction of sp³-hybridized carbons (Fsp3) is 0.417. The summed E-state index contributed by atoms with van der Waals surface area (Å²) in [6.07, 6.45) is 0.402. The Morgan fingerprint density at radius 3 is 2.09 bits per heavy atom. The highest BCUT2D eigenvalue weighted by molar-refractivity contribution is 7.99. The van der Waals surface area contributed by atoms with Crippen molar-refractivity contribution in [3.8, 4) is 0 Å². The van der Waals surface area contributed by atoms with E-state index >= 15 is 0 Å². The van der Waals surface area contributed by atoms with E-state index in [2.05, 4.69) is 5.32 Å². The van der Waals surface area contributed by atoms with Crippen molar-refractivity contribution in [3.63, 3.8) is 0 Å². The van der Waals surface area contributed by atoms with Gasteiger partial charge in [0.15, 0.2) is 0 Å². The predicted molar refractivity (Wildman–Crippen MR) is 137 cm³/mol. The maximum atomic E-state index is 14.1. The predicted octanol–water partition coefficient (Wildman–Crippen LogP) is 6.74. The van der Waals surface area contributed by atoms with Crippen molar-refractivity contribution in [2.45, 2.75) is 58.0 Å². The molecule has 0 saturated carbocycles. The van der Waals surface area contributed by atoms with E-state index < -0.39 is 17.4 Å². The Hall–Kier alpha value is -1.47. The van der Waals surface area contributed by atoms with Gasteiger partial charge in [-0.3, -0.25) is 9.59 Å². The molecule has 0 fully saturated rings. The molecule has 0 radical (unpaired) electrons. The van der Waals surface area contributed by atoms with E-state index in [0.29, 0.717) is 32.6 Å². The number of rotatable bonds is 9. The fourth-order valence-electron chi connectivity index (χ4n) is 3.22. The van der Waals surface area contributed by atoms with Crippen LogP contribution in [-0.4, -0.2) is 34.0 Å². The number of halogens is 4. The first-order valence-corrected chi connectivity index (χ1v) is 12.8. The third-order valence-electron chi connectivity index (χ3n) is 4.81. The first kappa shape index (κ1) is 27.8. The monoisotopic (exact) mass is 532 g/mol. The molecule has 0 saturated heterocycles. The maximum absolute atomic E-state index is 14.1. The van der Waals surface area contributed by atoms with Gasteiger partial charge in [0, 0.05) is 44.0 Å². The molecule has 2 amide bonds. The van der Waals surface area contributed by atoms with Crippen LogP contribution in [0.15, 0.2) is 36.4 Å². The van der Waals surface area contributed by atoms with Crippen LogP contribution in [0.5, 0.6) is 0 Å². The van der Waals surface area contributed by atoms with Crippen LogP contribution < -0.4 is 5.32 Å². The van der Waals surface area contributed by atoms with Crippen LogP contribution in [0.1, 0.15) is 45.2 Å². The second-order valence-corrected chi connectivity index (χ2v) is 10.8. The minimum Gasteiger partial charge on any atom is -0.350 e. The first-order valence-electron chi connectivity index (χ1n) is 10.5. The Kier molecular flexibility index (Phi) is 10.3. The minimum absolute atomic E-state index is 0.0338. The third kappa shape index (κ3) is 8.06. The Bertz CT molecular complexity index is 958. The fourth-order valence-corrected chi connectivity index (χ4v) is 4.99. The smallest absolute Gasteiger partial charge is 0.243 e. The van der Waals surface area contributed by atoms with Crippen LogP contribution in [0.25, 0.3) is 0 Å². The van der Waals surface area contributed by atoms with E-state index in [4.69, 9.17) is 34.8 Å². The molecular weight excluding hydrogens is 506 g/mol. The van der Waals surface area contributed by atoms with Gasteiger partial charge in [-0.15, -0.1) is 11.8 Å². The summed E-state index contributed by atoms with van der Waals surface area (Å²) < 4.78 is 14.1. The molecule has 4 nitrogen and oxygen atoms in total. The van der Waals surface area contributed by atoms with E-state index in [1.807, 2.05) is 27.7 Å². The van der Waals surface area contributed by atoms with Gasteiger partial charge < -0.3 is 10.2 Å². The Morgan fingerprint density at radius 1 is 1.03 bits per heavy atom. The lowest BCUT2D eigenvalue weighted by atomic mass is 10.1. The third-order valence-corrected chi connectivity index (χ3v) is 6.81. The van der Waals surface area contributed by atoms with Gasteiger partial charge in [-0.25, -0.2) is 4.39 Å². The summed E-state index contributed by atoms with van der Waals surface area (Å²) in [4.78, 5) is 27.8. The molecule has 33 heavy (non-hydrogen) atoms. The van der Waals surface area contributed by atoms with Crippen LogP contribution in [0.3, 0.4) is 0 Å². The molecule has 0 aliphatic rings. The molecule has 180 valence electrons. The summed E-state index contributed by atoms with van der Waals surface area (Å²) >= 11 is 20.0. The largest absolute Gasteiger partial charge is 0.350 e. The van der Waals surface area contributed by atoms with Gasteiger partial charge >= 0.3 is 0 Å². The van der Waals surface area contributed by atoms with Gasteiger partial charge in [-0.2, -0.15) is 0 Å². The van der Waals surface area contributed by atoms with E-state index in [1.54, 1.807) is 24.3 Å². The topological polar surface area (TPSA) is 49.4 Å². The molecule has 2 rings (SSSR count). The van der Waals surface area contributed by atoms with Crippen molar-refractivity contribution in [1.29, 1.82) is 0 Å². The molecule has 0 aliphatic carbocycles. The molecule has 0 spiro atoms. The summed E-state index contributed by atoms with van der Waals surface area (Å²) in [5.74, 6) is -0.698. The van der Waals surface area contributed by atoms with Gasteiger partial charge in [-0.05, 0) is 51.5 Å². The molecule has 2 aromatic rings. The van der Waals surface area contributed by atoms with Crippen LogP contribution >= 0.6 is 46.6 Å². The summed E-state index contributed by atoms with van der Waals surface area (Å²) in [7, 11) is 0. The molecule has 0 aliphatic heterocycles. The van der Waals surface area contributed by atoms with Gasteiger partial charge in [0.1, 0.15) is 11.9 Å². The van der Waals surface area contributed by atoms with Crippen molar-refractivity contribution < 1.29 is 14.0 Å². The molecule has 0 aromatic heterocycles. The van der Waals surface area contributed by atoms with Crippen molar-refractivity contribution in [1.82, 2.24) is 10.2 Å². The number of benzene rings is 2. The molecule has 1 unspecified atom stereocenters. The number of amides is 2. The maximum Gasteiger partial charge on any atom is 0.243 e. The average Bonchev–Trinajstić information content (AvgIpc) is 2.70. The van der Waals surface area contributed by atoms with E-state index in [-0.39, 0.29) is 29.9 Å².